The topological polar surface area (TPSA) is 77.0 Å². The fourth-order valence-corrected chi connectivity index (χ4v) is 2.42. The van der Waals surface area contributed by atoms with Crippen molar-refractivity contribution in [1.29, 1.82) is 5.26 Å². The summed E-state index contributed by atoms with van der Waals surface area (Å²) in [6.07, 6.45) is 0.243. The Morgan fingerprint density at radius 2 is 2.19 bits per heavy atom. The van der Waals surface area contributed by atoms with Crippen molar-refractivity contribution in [2.45, 2.75) is 19.4 Å². The van der Waals surface area contributed by atoms with Gasteiger partial charge in [-0.25, -0.2) is 0 Å². The number of nitriles is 1. The first-order valence-corrected chi connectivity index (χ1v) is 7.20. The van der Waals surface area contributed by atoms with E-state index in [9.17, 15) is 9.59 Å². The fourth-order valence-electron chi connectivity index (χ4n) is 2.06. The maximum Gasteiger partial charge on any atom is 0.254 e. The monoisotopic (exact) mass is 347 g/mol. The van der Waals surface area contributed by atoms with Crippen LogP contribution in [0.1, 0.15) is 23.7 Å². The number of H-pyrrole nitrogens is 1. The predicted molar refractivity (Wildman–Crippen MR) is 84.1 cm³/mol. The number of hydrogen-bond acceptors (Lipinski definition) is 3. The molecule has 0 aliphatic rings. The number of rotatable bonds is 3. The molecule has 0 aliphatic heterocycles. The van der Waals surface area contributed by atoms with Crippen molar-refractivity contribution in [1.82, 2.24) is 9.88 Å². The third-order valence-electron chi connectivity index (χ3n) is 3.40. The molecule has 1 amide bonds. The van der Waals surface area contributed by atoms with Crippen molar-refractivity contribution in [2.24, 2.45) is 0 Å². The van der Waals surface area contributed by atoms with E-state index in [1.165, 1.54) is 11.0 Å². The second kappa shape index (κ2) is 6.10. The van der Waals surface area contributed by atoms with Crippen LogP contribution in [0.2, 0.25) is 0 Å². The lowest BCUT2D eigenvalue weighted by molar-refractivity contribution is 0.0748. The lowest BCUT2D eigenvalue weighted by atomic mass is 10.1. The van der Waals surface area contributed by atoms with Gasteiger partial charge in [-0.1, -0.05) is 15.9 Å². The number of nitrogens with zero attached hydrogens (tertiary/aromatic N) is 2. The van der Waals surface area contributed by atoms with Crippen LogP contribution < -0.4 is 5.56 Å². The van der Waals surface area contributed by atoms with E-state index in [0.29, 0.717) is 16.5 Å². The maximum absolute atomic E-state index is 12.6. The van der Waals surface area contributed by atoms with Crippen molar-refractivity contribution >= 4 is 32.7 Å². The highest BCUT2D eigenvalue weighted by Gasteiger charge is 2.20. The minimum absolute atomic E-state index is 0.219. The lowest BCUT2D eigenvalue weighted by Crippen LogP contribution is -2.35. The largest absolute Gasteiger partial charge is 0.338 e. The average Bonchev–Trinajstić information content (AvgIpc) is 2.45. The van der Waals surface area contributed by atoms with Crippen LogP contribution in [0.15, 0.2) is 33.5 Å². The Hall–Kier alpha value is -2.13. The second-order valence-electron chi connectivity index (χ2n) is 4.86. The molecular weight excluding hydrogens is 334 g/mol. The van der Waals surface area contributed by atoms with Crippen molar-refractivity contribution in [2.75, 3.05) is 7.05 Å². The smallest absolute Gasteiger partial charge is 0.254 e. The van der Waals surface area contributed by atoms with E-state index in [4.69, 9.17) is 5.26 Å². The van der Waals surface area contributed by atoms with Gasteiger partial charge in [-0.2, -0.15) is 5.26 Å². The summed E-state index contributed by atoms with van der Waals surface area (Å²) in [6, 6.07) is 8.46. The Morgan fingerprint density at radius 1 is 1.48 bits per heavy atom. The summed E-state index contributed by atoms with van der Waals surface area (Å²) in [4.78, 5) is 28.5. The normalized spacial score (nSPS) is 11.9. The van der Waals surface area contributed by atoms with E-state index in [1.807, 2.05) is 6.07 Å². The fraction of sp³-hybridized carbons (Fsp3) is 0.267. The van der Waals surface area contributed by atoms with E-state index < -0.39 is 0 Å². The third kappa shape index (κ3) is 3.14. The molecule has 0 spiro atoms. The van der Waals surface area contributed by atoms with E-state index in [1.54, 1.807) is 32.2 Å². The van der Waals surface area contributed by atoms with Crippen LogP contribution in [0, 0.1) is 11.3 Å². The molecule has 0 aliphatic carbocycles. The molecule has 1 aromatic heterocycles. The van der Waals surface area contributed by atoms with Crippen LogP contribution in [0.25, 0.3) is 10.9 Å². The first-order chi connectivity index (χ1) is 9.93. The van der Waals surface area contributed by atoms with Gasteiger partial charge >= 0.3 is 0 Å². The number of pyridine rings is 1. The van der Waals surface area contributed by atoms with Gasteiger partial charge in [0, 0.05) is 34.5 Å². The molecule has 0 bridgehead atoms. The number of hydrogen-bond donors (Lipinski definition) is 1. The molecular formula is C15H14BrN3O2. The molecule has 1 heterocycles. The zero-order chi connectivity index (χ0) is 15.6. The Balaban J connectivity index is 2.55. The van der Waals surface area contributed by atoms with Crippen LogP contribution in [0.5, 0.6) is 0 Å². The van der Waals surface area contributed by atoms with Gasteiger partial charge < -0.3 is 9.88 Å². The summed E-state index contributed by atoms with van der Waals surface area (Å²) in [5.74, 6) is -0.271. The van der Waals surface area contributed by atoms with Crippen molar-refractivity contribution in [3.05, 3.63) is 44.7 Å². The van der Waals surface area contributed by atoms with Crippen molar-refractivity contribution in [3.8, 4) is 6.07 Å². The summed E-state index contributed by atoms with van der Waals surface area (Å²) in [7, 11) is 1.63. The number of aromatic amines is 1. The highest BCUT2D eigenvalue weighted by atomic mass is 79.9. The Bertz CT molecular complexity index is 792. The lowest BCUT2D eigenvalue weighted by Gasteiger charge is -2.23. The van der Waals surface area contributed by atoms with Gasteiger partial charge in [-0.15, -0.1) is 0 Å². The molecule has 108 valence electrons. The van der Waals surface area contributed by atoms with Crippen LogP contribution in [0.4, 0.5) is 0 Å². The Morgan fingerprint density at radius 3 is 2.86 bits per heavy atom. The molecule has 0 radical (unpaired) electrons. The SMILES string of the molecule is C[C@@H](CC#N)N(C)C(=O)c1cc(=O)[nH]c2ccc(Br)cc12. The zero-order valence-corrected chi connectivity index (χ0v) is 13.3. The molecule has 2 aromatic rings. The molecule has 1 N–H and O–H groups in total. The molecule has 0 fully saturated rings. The van der Waals surface area contributed by atoms with Crippen LogP contribution in [-0.4, -0.2) is 28.9 Å². The van der Waals surface area contributed by atoms with Gasteiger partial charge in [0.25, 0.3) is 5.91 Å². The molecule has 1 atom stereocenters. The van der Waals surface area contributed by atoms with Gasteiger partial charge in [-0.05, 0) is 25.1 Å². The average molecular weight is 348 g/mol. The number of fused-ring (bicyclic) bond motifs is 1. The van der Waals surface area contributed by atoms with Crippen LogP contribution in [-0.2, 0) is 0 Å². The van der Waals surface area contributed by atoms with Crippen LogP contribution in [0.3, 0.4) is 0 Å². The standard InChI is InChI=1S/C15H14BrN3O2/c1-9(5-6-17)19(2)15(21)12-8-14(20)18-13-4-3-10(16)7-11(12)13/h3-4,7-9H,5H2,1-2H3,(H,18,20)/t9-/m0/s1. The quantitative estimate of drug-likeness (QED) is 0.926. The highest BCUT2D eigenvalue weighted by molar-refractivity contribution is 9.10. The van der Waals surface area contributed by atoms with E-state index >= 15 is 0 Å². The number of carbonyl (C=O) groups is 1. The van der Waals surface area contributed by atoms with E-state index in [-0.39, 0.29) is 23.9 Å². The Labute approximate surface area is 130 Å². The van der Waals surface area contributed by atoms with Gasteiger partial charge in [0.05, 0.1) is 18.1 Å². The number of halogens is 1. The predicted octanol–water partition coefficient (Wildman–Crippen LogP) is 2.66. The summed E-state index contributed by atoms with van der Waals surface area (Å²) in [5, 5.41) is 9.41. The maximum atomic E-state index is 12.6. The van der Waals surface area contributed by atoms with Crippen LogP contribution >= 0.6 is 15.9 Å². The molecule has 0 saturated carbocycles. The first-order valence-electron chi connectivity index (χ1n) is 6.40. The zero-order valence-electron chi connectivity index (χ0n) is 11.7. The third-order valence-corrected chi connectivity index (χ3v) is 3.90. The molecule has 21 heavy (non-hydrogen) atoms. The summed E-state index contributed by atoms with van der Waals surface area (Å²) in [5.41, 5.74) is 0.618. The molecule has 0 unspecified atom stereocenters. The second-order valence-corrected chi connectivity index (χ2v) is 5.78. The van der Waals surface area contributed by atoms with Gasteiger partial charge in [-0.3, -0.25) is 9.59 Å². The highest BCUT2D eigenvalue weighted by Crippen LogP contribution is 2.22. The van der Waals surface area contributed by atoms with E-state index in [0.717, 1.165) is 4.47 Å². The van der Waals surface area contributed by atoms with Gasteiger partial charge in [0.15, 0.2) is 0 Å². The van der Waals surface area contributed by atoms with E-state index in [2.05, 4.69) is 20.9 Å². The minimum Gasteiger partial charge on any atom is -0.338 e. The number of amides is 1. The summed E-state index contributed by atoms with van der Waals surface area (Å²) < 4.78 is 0.823. The van der Waals surface area contributed by atoms with Crippen molar-refractivity contribution < 1.29 is 4.79 Å². The number of carbonyl (C=O) groups excluding carboxylic acids is 1. The molecule has 6 heteroatoms. The molecule has 5 nitrogen and oxygen atoms in total. The molecule has 0 saturated heterocycles. The van der Waals surface area contributed by atoms with Crippen molar-refractivity contribution in [3.63, 3.8) is 0 Å². The summed E-state index contributed by atoms with van der Waals surface area (Å²) >= 11 is 3.37. The number of aromatic nitrogens is 1. The number of nitrogens with one attached hydrogen (secondary N) is 1. The van der Waals surface area contributed by atoms with Gasteiger partial charge in [0.2, 0.25) is 5.56 Å². The minimum atomic E-state index is -0.325. The van der Waals surface area contributed by atoms with Gasteiger partial charge in [0.1, 0.15) is 0 Å². The molecule has 1 aromatic carbocycles. The molecule has 2 rings (SSSR count). The Kier molecular flexibility index (Phi) is 4.43. The first kappa shape index (κ1) is 15.3. The summed E-state index contributed by atoms with van der Waals surface area (Å²) in [6.45, 7) is 1.80. The number of benzene rings is 1.